The highest BCUT2D eigenvalue weighted by Crippen LogP contribution is 2.32. The molecule has 9 heteroatoms. The average molecular weight is 558 g/mol. The largest absolute Gasteiger partial charge is 0.454 e. The molecule has 0 saturated carbocycles. The molecule has 0 bridgehead atoms. The monoisotopic (exact) mass is 557 g/mol. The maximum absolute atomic E-state index is 5.50. The summed E-state index contributed by atoms with van der Waals surface area (Å²) >= 11 is 1.81. The number of piperazine rings is 1. The van der Waals surface area contributed by atoms with Crippen LogP contribution >= 0.6 is 35.3 Å². The summed E-state index contributed by atoms with van der Waals surface area (Å²) in [7, 11) is 1.87. The molecule has 0 radical (unpaired) electrons. The van der Waals surface area contributed by atoms with Gasteiger partial charge in [0, 0.05) is 57.6 Å². The third-order valence-corrected chi connectivity index (χ3v) is 6.69. The lowest BCUT2D eigenvalue weighted by Crippen LogP contribution is -2.52. The van der Waals surface area contributed by atoms with Crippen LogP contribution in [0.5, 0.6) is 11.5 Å². The van der Waals surface area contributed by atoms with E-state index in [0.29, 0.717) is 6.79 Å². The number of rotatable bonds is 6. The van der Waals surface area contributed by atoms with Crippen molar-refractivity contribution in [2.24, 2.45) is 4.99 Å². The van der Waals surface area contributed by atoms with Gasteiger partial charge in [0.25, 0.3) is 0 Å². The quantitative estimate of drug-likeness (QED) is 0.334. The number of benzene rings is 1. The fraction of sp³-hybridized carbons (Fsp3) is 0.545. The highest BCUT2D eigenvalue weighted by molar-refractivity contribution is 14.0. The topological polar surface area (TPSA) is 62.2 Å². The van der Waals surface area contributed by atoms with Crippen molar-refractivity contribution >= 4 is 41.3 Å². The molecule has 0 aliphatic carbocycles. The van der Waals surface area contributed by atoms with Crippen LogP contribution in [0.3, 0.4) is 0 Å². The minimum absolute atomic E-state index is 0. The molecule has 0 amide bonds. The molecule has 1 aromatic heterocycles. The molecular weight excluding hydrogens is 525 g/mol. The molecule has 2 aliphatic heterocycles. The van der Waals surface area contributed by atoms with Gasteiger partial charge < -0.3 is 19.7 Å². The van der Waals surface area contributed by atoms with Gasteiger partial charge >= 0.3 is 0 Å². The molecular formula is C22H32IN5O2S. The molecule has 2 aliphatic rings. The molecule has 4 rings (SSSR count). The Balaban J connectivity index is 0.00000272. The maximum Gasteiger partial charge on any atom is 0.231 e. The second kappa shape index (κ2) is 11.3. The molecule has 1 saturated heterocycles. The Morgan fingerprint density at radius 3 is 2.68 bits per heavy atom. The maximum atomic E-state index is 5.50. The van der Waals surface area contributed by atoms with Gasteiger partial charge in [-0.15, -0.1) is 35.3 Å². The second-order valence-electron chi connectivity index (χ2n) is 7.64. The van der Waals surface area contributed by atoms with Gasteiger partial charge in [-0.3, -0.25) is 9.89 Å². The number of nitrogens with one attached hydrogen (secondary N) is 1. The van der Waals surface area contributed by atoms with Gasteiger partial charge in [0.05, 0.1) is 10.7 Å². The fourth-order valence-electron chi connectivity index (χ4n) is 3.95. The van der Waals surface area contributed by atoms with Gasteiger partial charge in [0.15, 0.2) is 17.5 Å². The number of thiazole rings is 1. The fourth-order valence-corrected chi connectivity index (χ4v) is 4.97. The van der Waals surface area contributed by atoms with Crippen molar-refractivity contribution < 1.29 is 9.47 Å². The van der Waals surface area contributed by atoms with Crippen LogP contribution in [0.1, 0.15) is 28.1 Å². The third kappa shape index (κ3) is 6.01. The smallest absolute Gasteiger partial charge is 0.231 e. The average Bonchev–Trinajstić information content (AvgIpc) is 3.37. The lowest BCUT2D eigenvalue weighted by molar-refractivity contribution is 0.171. The molecule has 31 heavy (non-hydrogen) atoms. The minimum atomic E-state index is 0. The molecule has 1 aromatic carbocycles. The van der Waals surface area contributed by atoms with Gasteiger partial charge in [0.2, 0.25) is 6.79 Å². The van der Waals surface area contributed by atoms with Crippen LogP contribution in [0.15, 0.2) is 23.2 Å². The van der Waals surface area contributed by atoms with Crippen LogP contribution in [-0.2, 0) is 19.4 Å². The van der Waals surface area contributed by atoms with E-state index in [1.165, 1.54) is 21.1 Å². The predicted octanol–water partition coefficient (Wildman–Crippen LogP) is 3.30. The van der Waals surface area contributed by atoms with Crippen LogP contribution in [0.4, 0.5) is 0 Å². The summed E-state index contributed by atoms with van der Waals surface area (Å²) in [5.74, 6) is 2.69. The van der Waals surface area contributed by atoms with E-state index in [-0.39, 0.29) is 24.0 Å². The molecule has 0 atom stereocenters. The number of guanidine groups is 1. The number of aryl methyl sites for hydroxylation is 2. The molecule has 0 spiro atoms. The normalized spacial score (nSPS) is 16.4. The van der Waals surface area contributed by atoms with Gasteiger partial charge in [-0.05, 0) is 31.0 Å². The first kappa shape index (κ1) is 24.1. The van der Waals surface area contributed by atoms with Crippen molar-refractivity contribution in [3.05, 3.63) is 39.3 Å². The number of aromatic nitrogens is 1. The number of aliphatic imine (C=N–C) groups is 1. The van der Waals surface area contributed by atoms with Gasteiger partial charge in [0.1, 0.15) is 0 Å². The zero-order valence-corrected chi connectivity index (χ0v) is 21.7. The zero-order chi connectivity index (χ0) is 20.9. The lowest BCUT2D eigenvalue weighted by Gasteiger charge is -2.36. The number of hydrogen-bond donors (Lipinski definition) is 1. The Morgan fingerprint density at radius 2 is 1.97 bits per heavy atom. The van der Waals surface area contributed by atoms with Gasteiger partial charge in [-0.25, -0.2) is 4.98 Å². The number of nitrogens with zero attached hydrogens (tertiary/aromatic N) is 4. The summed E-state index contributed by atoms with van der Waals surface area (Å²) in [6.07, 6.45) is 1.95. The van der Waals surface area contributed by atoms with Crippen molar-refractivity contribution in [3.8, 4) is 11.5 Å². The Morgan fingerprint density at radius 1 is 1.19 bits per heavy atom. The van der Waals surface area contributed by atoms with Crippen molar-refractivity contribution in [1.82, 2.24) is 20.1 Å². The standard InChI is InChI=1S/C22H31N5O2S.HI/c1-4-18-16(2)30-21(25-18)7-8-24-22(23-3)27-11-9-26(10-12-27)14-17-5-6-19-20(13-17)29-15-28-19;/h5-6,13H,4,7-12,14-15H2,1-3H3,(H,23,24);1H. The highest BCUT2D eigenvalue weighted by atomic mass is 127. The van der Waals surface area contributed by atoms with Crippen LogP contribution in [-0.4, -0.2) is 67.3 Å². The number of ether oxygens (including phenoxy) is 2. The van der Waals surface area contributed by atoms with E-state index in [9.17, 15) is 0 Å². The number of hydrogen-bond acceptors (Lipinski definition) is 6. The van der Waals surface area contributed by atoms with Crippen LogP contribution in [0, 0.1) is 6.92 Å². The third-order valence-electron chi connectivity index (χ3n) is 5.62. The van der Waals surface area contributed by atoms with E-state index < -0.39 is 0 Å². The zero-order valence-electron chi connectivity index (χ0n) is 18.5. The van der Waals surface area contributed by atoms with Crippen LogP contribution in [0.2, 0.25) is 0 Å². The van der Waals surface area contributed by atoms with Gasteiger partial charge in [-0.1, -0.05) is 13.0 Å². The first-order valence-corrected chi connectivity index (χ1v) is 11.5. The molecule has 7 nitrogen and oxygen atoms in total. The van der Waals surface area contributed by atoms with Crippen LogP contribution in [0.25, 0.3) is 0 Å². The van der Waals surface area contributed by atoms with E-state index in [0.717, 1.165) is 69.6 Å². The Bertz CT molecular complexity index is 896. The summed E-state index contributed by atoms with van der Waals surface area (Å²) in [4.78, 5) is 15.4. The molecule has 170 valence electrons. The summed E-state index contributed by atoms with van der Waals surface area (Å²) in [6.45, 7) is 10.4. The Kier molecular flexibility index (Phi) is 8.79. The predicted molar refractivity (Wildman–Crippen MR) is 136 cm³/mol. The number of fused-ring (bicyclic) bond motifs is 1. The molecule has 2 aromatic rings. The Hall–Kier alpha value is -1.59. The minimum Gasteiger partial charge on any atom is -0.454 e. The van der Waals surface area contributed by atoms with Crippen molar-refractivity contribution in [2.45, 2.75) is 33.2 Å². The SMILES string of the molecule is CCc1nc(CCNC(=NC)N2CCN(Cc3ccc4c(c3)OCO4)CC2)sc1C.I. The molecule has 1 N–H and O–H groups in total. The van der Waals surface area contributed by atoms with Crippen molar-refractivity contribution in [2.75, 3.05) is 46.6 Å². The van der Waals surface area contributed by atoms with E-state index in [2.05, 4.69) is 46.1 Å². The summed E-state index contributed by atoms with van der Waals surface area (Å²) < 4.78 is 10.9. The lowest BCUT2D eigenvalue weighted by atomic mass is 10.1. The van der Waals surface area contributed by atoms with E-state index in [1.807, 2.05) is 24.5 Å². The molecule has 0 unspecified atom stereocenters. The second-order valence-corrected chi connectivity index (χ2v) is 8.93. The van der Waals surface area contributed by atoms with Crippen molar-refractivity contribution in [3.63, 3.8) is 0 Å². The van der Waals surface area contributed by atoms with Crippen molar-refractivity contribution in [1.29, 1.82) is 0 Å². The Labute approximate surface area is 205 Å². The molecule has 1 fully saturated rings. The van der Waals surface area contributed by atoms with E-state index in [1.54, 1.807) is 0 Å². The summed E-state index contributed by atoms with van der Waals surface area (Å²) in [6, 6.07) is 6.23. The summed E-state index contributed by atoms with van der Waals surface area (Å²) in [5, 5.41) is 4.73. The van der Waals surface area contributed by atoms with E-state index >= 15 is 0 Å². The highest BCUT2D eigenvalue weighted by Gasteiger charge is 2.21. The first-order valence-electron chi connectivity index (χ1n) is 10.7. The van der Waals surface area contributed by atoms with Gasteiger partial charge in [-0.2, -0.15) is 0 Å². The number of halogens is 1. The van der Waals surface area contributed by atoms with E-state index in [4.69, 9.17) is 14.5 Å². The summed E-state index contributed by atoms with van der Waals surface area (Å²) in [5.41, 5.74) is 2.50. The first-order chi connectivity index (χ1) is 14.7. The van der Waals surface area contributed by atoms with Crippen LogP contribution < -0.4 is 14.8 Å². The molecule has 3 heterocycles.